The van der Waals surface area contributed by atoms with Crippen LogP contribution in [0.25, 0.3) is 0 Å². The molecule has 1 aliphatic rings. The lowest BCUT2D eigenvalue weighted by atomic mass is 9.95. The average Bonchev–Trinajstić information content (AvgIpc) is 2.40. The molecule has 0 bridgehead atoms. The molecule has 1 aliphatic carbocycles. The van der Waals surface area contributed by atoms with Gasteiger partial charge in [-0.05, 0) is 31.9 Å². The molecule has 0 spiro atoms. The third kappa shape index (κ3) is 3.35. The van der Waals surface area contributed by atoms with E-state index in [4.69, 9.17) is 5.73 Å². The fraction of sp³-hybridized carbons (Fsp3) is 0.583. The van der Waals surface area contributed by atoms with Gasteiger partial charge in [0, 0.05) is 11.3 Å². The minimum atomic E-state index is -0.157. The van der Waals surface area contributed by atoms with Crippen LogP contribution in [0.2, 0.25) is 0 Å². The molecule has 0 radical (unpaired) electrons. The molecule has 1 fully saturated rings. The number of anilines is 1. The number of nitrogens with two attached hydrogens (primary N) is 1. The van der Waals surface area contributed by atoms with Crippen LogP contribution >= 0.6 is 11.8 Å². The summed E-state index contributed by atoms with van der Waals surface area (Å²) in [6.45, 7) is 0. The highest BCUT2D eigenvalue weighted by atomic mass is 32.2. The van der Waals surface area contributed by atoms with Gasteiger partial charge in [0.2, 0.25) is 0 Å². The summed E-state index contributed by atoms with van der Waals surface area (Å²) in [5.41, 5.74) is 5.76. The fourth-order valence-electron chi connectivity index (χ4n) is 2.16. The molecule has 1 heterocycles. The first-order valence-electron chi connectivity index (χ1n) is 6.10. The van der Waals surface area contributed by atoms with E-state index in [1.807, 2.05) is 11.8 Å². The Morgan fingerprint density at radius 2 is 2.06 bits per heavy atom. The molecule has 6 heteroatoms. The second kappa shape index (κ2) is 6.04. The highest BCUT2D eigenvalue weighted by molar-refractivity contribution is 7.99. The predicted molar refractivity (Wildman–Crippen MR) is 73.5 cm³/mol. The first kappa shape index (κ1) is 13.1. The van der Waals surface area contributed by atoms with Crippen molar-refractivity contribution in [1.82, 2.24) is 15.3 Å². The number of rotatable bonds is 3. The maximum absolute atomic E-state index is 11.9. The van der Waals surface area contributed by atoms with E-state index >= 15 is 0 Å². The van der Waals surface area contributed by atoms with Crippen LogP contribution < -0.4 is 11.1 Å². The lowest BCUT2D eigenvalue weighted by Gasteiger charge is -2.27. The van der Waals surface area contributed by atoms with Gasteiger partial charge < -0.3 is 11.1 Å². The summed E-state index contributed by atoms with van der Waals surface area (Å²) in [4.78, 5) is 19.8. The Kier molecular flexibility index (Phi) is 4.41. The van der Waals surface area contributed by atoms with Crippen LogP contribution in [0.4, 0.5) is 5.82 Å². The molecule has 5 nitrogen and oxygen atoms in total. The zero-order valence-corrected chi connectivity index (χ0v) is 11.2. The third-order valence-electron chi connectivity index (χ3n) is 3.25. The Hall–Kier alpha value is -1.30. The maximum atomic E-state index is 11.9. The van der Waals surface area contributed by atoms with Crippen molar-refractivity contribution in [1.29, 1.82) is 0 Å². The molecule has 0 atom stereocenters. The quantitative estimate of drug-likeness (QED) is 0.865. The lowest BCUT2D eigenvalue weighted by Crippen LogP contribution is -2.38. The Balaban J connectivity index is 1.86. The summed E-state index contributed by atoms with van der Waals surface area (Å²) in [6.07, 6.45) is 9.38. The number of hydrogen-bond donors (Lipinski definition) is 2. The second-order valence-electron chi connectivity index (χ2n) is 4.51. The van der Waals surface area contributed by atoms with Gasteiger partial charge in [-0.15, -0.1) is 0 Å². The van der Waals surface area contributed by atoms with E-state index in [9.17, 15) is 4.79 Å². The van der Waals surface area contributed by atoms with Gasteiger partial charge >= 0.3 is 0 Å². The van der Waals surface area contributed by atoms with Crippen molar-refractivity contribution in [3.8, 4) is 0 Å². The minimum absolute atomic E-state index is 0.157. The second-order valence-corrected chi connectivity index (χ2v) is 5.65. The summed E-state index contributed by atoms with van der Waals surface area (Å²) >= 11 is 1.92. The first-order chi connectivity index (χ1) is 8.69. The van der Waals surface area contributed by atoms with E-state index in [1.165, 1.54) is 25.2 Å². The van der Waals surface area contributed by atoms with E-state index in [-0.39, 0.29) is 11.9 Å². The van der Waals surface area contributed by atoms with Gasteiger partial charge in [-0.3, -0.25) is 4.79 Å². The van der Waals surface area contributed by atoms with Crippen molar-refractivity contribution in [3.63, 3.8) is 0 Å². The lowest BCUT2D eigenvalue weighted by molar-refractivity contribution is 0.0922. The molecular weight excluding hydrogens is 248 g/mol. The Labute approximate surface area is 111 Å². The predicted octanol–water partition coefficient (Wildman–Crippen LogP) is 1.46. The van der Waals surface area contributed by atoms with E-state index < -0.39 is 0 Å². The Morgan fingerprint density at radius 1 is 1.33 bits per heavy atom. The van der Waals surface area contributed by atoms with Gasteiger partial charge in [0.25, 0.3) is 5.91 Å². The van der Waals surface area contributed by atoms with Crippen molar-refractivity contribution in [2.24, 2.45) is 0 Å². The van der Waals surface area contributed by atoms with Crippen molar-refractivity contribution in [3.05, 3.63) is 18.1 Å². The van der Waals surface area contributed by atoms with Crippen LogP contribution in [0.3, 0.4) is 0 Å². The zero-order chi connectivity index (χ0) is 13.0. The van der Waals surface area contributed by atoms with Crippen LogP contribution in [0.15, 0.2) is 12.4 Å². The average molecular weight is 266 g/mol. The highest BCUT2D eigenvalue weighted by Crippen LogP contribution is 2.26. The Morgan fingerprint density at radius 3 is 2.61 bits per heavy atom. The monoisotopic (exact) mass is 266 g/mol. The topological polar surface area (TPSA) is 80.9 Å². The van der Waals surface area contributed by atoms with Crippen LogP contribution in [0.5, 0.6) is 0 Å². The first-order valence-corrected chi connectivity index (χ1v) is 7.39. The summed E-state index contributed by atoms with van der Waals surface area (Å²) in [6, 6.07) is 0.264. The zero-order valence-electron chi connectivity index (χ0n) is 10.4. The molecule has 2 rings (SSSR count). The molecule has 98 valence electrons. The number of nitrogens with zero attached hydrogens (tertiary/aromatic N) is 2. The summed E-state index contributed by atoms with van der Waals surface area (Å²) in [5, 5.41) is 3.75. The molecule has 0 aliphatic heterocycles. The molecule has 0 saturated heterocycles. The summed E-state index contributed by atoms with van der Waals surface area (Å²) in [7, 11) is 0. The standard InChI is InChI=1S/C12H18N4OS/c1-18-9-4-2-8(3-5-9)16-12(17)10-6-15-11(13)7-14-10/h6-9H,2-5H2,1H3,(H2,13,15)(H,16,17). The molecule has 1 aromatic heterocycles. The van der Waals surface area contributed by atoms with Gasteiger partial charge in [0.1, 0.15) is 11.5 Å². The number of nitrogens with one attached hydrogen (secondary N) is 1. The number of nitrogen functional groups attached to an aromatic ring is 1. The minimum Gasteiger partial charge on any atom is -0.382 e. The molecule has 0 unspecified atom stereocenters. The molecule has 1 aromatic rings. The normalized spacial score (nSPS) is 23.6. The maximum Gasteiger partial charge on any atom is 0.271 e. The van der Waals surface area contributed by atoms with Crippen molar-refractivity contribution >= 4 is 23.5 Å². The summed E-state index contributed by atoms with van der Waals surface area (Å²) in [5.74, 6) is 0.169. The van der Waals surface area contributed by atoms with Crippen molar-refractivity contribution in [2.75, 3.05) is 12.0 Å². The Bertz CT molecular complexity index is 401. The summed E-state index contributed by atoms with van der Waals surface area (Å²) < 4.78 is 0. The van der Waals surface area contributed by atoms with E-state index in [1.54, 1.807) is 0 Å². The van der Waals surface area contributed by atoms with Crippen molar-refractivity contribution < 1.29 is 4.79 Å². The molecular formula is C12H18N4OS. The fourth-order valence-corrected chi connectivity index (χ4v) is 2.90. The molecule has 0 aromatic carbocycles. The van der Waals surface area contributed by atoms with Gasteiger partial charge in [-0.25, -0.2) is 9.97 Å². The number of amides is 1. The van der Waals surface area contributed by atoms with E-state index in [0.717, 1.165) is 18.1 Å². The third-order valence-corrected chi connectivity index (χ3v) is 4.39. The highest BCUT2D eigenvalue weighted by Gasteiger charge is 2.22. The van der Waals surface area contributed by atoms with Gasteiger partial charge in [-0.1, -0.05) is 0 Å². The van der Waals surface area contributed by atoms with Crippen molar-refractivity contribution in [2.45, 2.75) is 37.0 Å². The van der Waals surface area contributed by atoms with Crippen LogP contribution in [-0.2, 0) is 0 Å². The molecule has 18 heavy (non-hydrogen) atoms. The molecule has 3 N–H and O–H groups in total. The largest absolute Gasteiger partial charge is 0.382 e. The number of hydrogen-bond acceptors (Lipinski definition) is 5. The van der Waals surface area contributed by atoms with Crippen LogP contribution in [-0.4, -0.2) is 33.4 Å². The number of thioether (sulfide) groups is 1. The van der Waals surface area contributed by atoms with Gasteiger partial charge in [0.05, 0.1) is 12.4 Å². The number of aromatic nitrogens is 2. The van der Waals surface area contributed by atoms with Crippen LogP contribution in [0, 0.1) is 0 Å². The van der Waals surface area contributed by atoms with Crippen LogP contribution in [0.1, 0.15) is 36.2 Å². The van der Waals surface area contributed by atoms with Gasteiger partial charge in [-0.2, -0.15) is 11.8 Å². The molecule has 1 amide bonds. The van der Waals surface area contributed by atoms with E-state index in [2.05, 4.69) is 21.5 Å². The SMILES string of the molecule is CSC1CCC(NC(=O)c2cnc(N)cn2)CC1. The smallest absolute Gasteiger partial charge is 0.271 e. The van der Waals surface area contributed by atoms with Gasteiger partial charge in [0.15, 0.2) is 0 Å². The van der Waals surface area contributed by atoms with E-state index in [0.29, 0.717) is 11.5 Å². The molecule has 1 saturated carbocycles. The number of carbonyl (C=O) groups is 1. The number of carbonyl (C=O) groups excluding carboxylic acids is 1.